The Morgan fingerprint density at radius 3 is 2.48 bits per heavy atom. The third-order valence-corrected chi connectivity index (χ3v) is 4.10. The number of hydrogen-bond donors (Lipinski definition) is 1. The SMILES string of the molecule is CC(C)CNCc1ccc(CN2CCOCC2(C)C)cc1. The van der Waals surface area contributed by atoms with E-state index < -0.39 is 0 Å². The number of benzene rings is 1. The molecule has 1 saturated heterocycles. The van der Waals surface area contributed by atoms with Crippen LogP contribution >= 0.6 is 0 Å². The zero-order valence-electron chi connectivity index (χ0n) is 14.0. The maximum Gasteiger partial charge on any atom is 0.0645 e. The first kappa shape index (κ1) is 16.5. The molecule has 0 atom stereocenters. The molecule has 3 heteroatoms. The quantitative estimate of drug-likeness (QED) is 0.871. The van der Waals surface area contributed by atoms with Crippen LogP contribution in [0.15, 0.2) is 24.3 Å². The molecule has 1 aromatic rings. The molecule has 1 aromatic carbocycles. The Balaban J connectivity index is 1.87. The van der Waals surface area contributed by atoms with Crippen LogP contribution in [0.2, 0.25) is 0 Å². The maximum atomic E-state index is 5.59. The molecular weight excluding hydrogens is 260 g/mol. The Bertz CT molecular complexity index is 425. The number of nitrogens with one attached hydrogen (secondary N) is 1. The summed E-state index contributed by atoms with van der Waals surface area (Å²) in [5.74, 6) is 0.702. The van der Waals surface area contributed by atoms with Gasteiger partial charge in [-0.05, 0) is 37.4 Å². The summed E-state index contributed by atoms with van der Waals surface area (Å²) >= 11 is 0. The molecular formula is C18H30N2O. The van der Waals surface area contributed by atoms with Gasteiger partial charge in [-0.3, -0.25) is 4.90 Å². The zero-order valence-corrected chi connectivity index (χ0v) is 14.0. The average molecular weight is 290 g/mol. The van der Waals surface area contributed by atoms with E-state index >= 15 is 0 Å². The molecule has 0 unspecified atom stereocenters. The first-order valence-electron chi connectivity index (χ1n) is 8.09. The van der Waals surface area contributed by atoms with Gasteiger partial charge in [-0.25, -0.2) is 0 Å². The Kier molecular flexibility index (Phi) is 5.80. The fourth-order valence-electron chi connectivity index (χ4n) is 2.67. The molecule has 1 N–H and O–H groups in total. The van der Waals surface area contributed by atoms with Crippen LogP contribution in [0.3, 0.4) is 0 Å². The third-order valence-electron chi connectivity index (χ3n) is 4.10. The molecule has 0 spiro atoms. The first-order valence-corrected chi connectivity index (χ1v) is 8.09. The molecule has 1 heterocycles. The van der Waals surface area contributed by atoms with Crippen molar-refractivity contribution >= 4 is 0 Å². The molecule has 2 rings (SSSR count). The van der Waals surface area contributed by atoms with E-state index in [-0.39, 0.29) is 5.54 Å². The van der Waals surface area contributed by atoms with Gasteiger partial charge in [-0.1, -0.05) is 38.1 Å². The van der Waals surface area contributed by atoms with E-state index in [4.69, 9.17) is 4.74 Å². The second-order valence-electron chi connectivity index (χ2n) is 7.13. The minimum atomic E-state index is 0.135. The lowest BCUT2D eigenvalue weighted by Gasteiger charge is -2.42. The Hall–Kier alpha value is -0.900. The van der Waals surface area contributed by atoms with Gasteiger partial charge in [0.1, 0.15) is 0 Å². The second-order valence-corrected chi connectivity index (χ2v) is 7.13. The van der Waals surface area contributed by atoms with E-state index in [1.165, 1.54) is 11.1 Å². The molecule has 0 saturated carbocycles. The van der Waals surface area contributed by atoms with Crippen LogP contribution in [0.4, 0.5) is 0 Å². The highest BCUT2D eigenvalue weighted by Crippen LogP contribution is 2.21. The van der Waals surface area contributed by atoms with Crippen LogP contribution in [0, 0.1) is 5.92 Å². The predicted octanol–water partition coefficient (Wildman–Crippen LogP) is 3.04. The summed E-state index contributed by atoms with van der Waals surface area (Å²) in [6.45, 7) is 14.7. The summed E-state index contributed by atoms with van der Waals surface area (Å²) in [4.78, 5) is 2.52. The van der Waals surface area contributed by atoms with Gasteiger partial charge in [0.15, 0.2) is 0 Å². The molecule has 0 aromatic heterocycles. The van der Waals surface area contributed by atoms with Gasteiger partial charge >= 0.3 is 0 Å². The normalized spacial score (nSPS) is 19.1. The van der Waals surface area contributed by atoms with E-state index in [0.29, 0.717) is 5.92 Å². The van der Waals surface area contributed by atoms with E-state index in [1.54, 1.807) is 0 Å². The van der Waals surface area contributed by atoms with Crippen molar-refractivity contribution in [3.05, 3.63) is 35.4 Å². The van der Waals surface area contributed by atoms with E-state index in [9.17, 15) is 0 Å². The summed E-state index contributed by atoms with van der Waals surface area (Å²) in [5, 5.41) is 3.49. The van der Waals surface area contributed by atoms with Gasteiger partial charge in [0, 0.05) is 25.2 Å². The van der Waals surface area contributed by atoms with E-state index in [0.717, 1.165) is 39.4 Å². The molecule has 1 fully saturated rings. The molecule has 1 aliphatic rings. The van der Waals surface area contributed by atoms with Crippen molar-refractivity contribution in [2.24, 2.45) is 5.92 Å². The first-order chi connectivity index (χ1) is 9.97. The number of rotatable bonds is 6. The summed E-state index contributed by atoms with van der Waals surface area (Å²) in [6.07, 6.45) is 0. The van der Waals surface area contributed by atoms with Crippen LogP contribution in [0.1, 0.15) is 38.8 Å². The van der Waals surface area contributed by atoms with Gasteiger partial charge in [0.2, 0.25) is 0 Å². The number of morpholine rings is 1. The lowest BCUT2D eigenvalue weighted by Crippen LogP contribution is -2.52. The largest absolute Gasteiger partial charge is 0.378 e. The fourth-order valence-corrected chi connectivity index (χ4v) is 2.67. The molecule has 0 radical (unpaired) electrons. The molecule has 1 aliphatic heterocycles. The topological polar surface area (TPSA) is 24.5 Å². The minimum Gasteiger partial charge on any atom is -0.378 e. The minimum absolute atomic E-state index is 0.135. The van der Waals surface area contributed by atoms with E-state index in [1.807, 2.05) is 0 Å². The number of ether oxygens (including phenoxy) is 1. The smallest absolute Gasteiger partial charge is 0.0645 e. The van der Waals surface area contributed by atoms with E-state index in [2.05, 4.69) is 62.2 Å². The highest BCUT2D eigenvalue weighted by atomic mass is 16.5. The van der Waals surface area contributed by atoms with Crippen molar-refractivity contribution in [3.8, 4) is 0 Å². The molecule has 0 aliphatic carbocycles. The van der Waals surface area contributed by atoms with Crippen LogP contribution in [0.5, 0.6) is 0 Å². The van der Waals surface area contributed by atoms with Gasteiger partial charge in [0.05, 0.1) is 13.2 Å². The van der Waals surface area contributed by atoms with Gasteiger partial charge in [-0.2, -0.15) is 0 Å². The van der Waals surface area contributed by atoms with Crippen molar-refractivity contribution in [1.29, 1.82) is 0 Å². The Morgan fingerprint density at radius 1 is 1.19 bits per heavy atom. The fraction of sp³-hybridized carbons (Fsp3) is 0.667. The second kappa shape index (κ2) is 7.39. The standard InChI is InChI=1S/C18H30N2O/c1-15(2)11-19-12-16-5-7-17(8-6-16)13-20-9-10-21-14-18(20,3)4/h5-8,15,19H,9-14H2,1-4H3. The zero-order chi connectivity index (χ0) is 15.3. The third kappa shape index (κ3) is 5.10. The lowest BCUT2D eigenvalue weighted by molar-refractivity contribution is -0.0552. The van der Waals surface area contributed by atoms with Crippen LogP contribution in [-0.2, 0) is 17.8 Å². The van der Waals surface area contributed by atoms with Crippen LogP contribution in [-0.4, -0.2) is 36.7 Å². The highest BCUT2D eigenvalue weighted by Gasteiger charge is 2.30. The number of nitrogens with zero attached hydrogens (tertiary/aromatic N) is 1. The van der Waals surface area contributed by atoms with Crippen molar-refractivity contribution in [2.75, 3.05) is 26.3 Å². The predicted molar refractivity (Wildman–Crippen MR) is 88.3 cm³/mol. The number of hydrogen-bond acceptors (Lipinski definition) is 3. The van der Waals surface area contributed by atoms with Crippen LogP contribution < -0.4 is 5.32 Å². The van der Waals surface area contributed by atoms with Gasteiger partial charge < -0.3 is 10.1 Å². The Morgan fingerprint density at radius 2 is 1.86 bits per heavy atom. The van der Waals surface area contributed by atoms with Crippen molar-refractivity contribution in [2.45, 2.75) is 46.3 Å². The molecule has 118 valence electrons. The lowest BCUT2D eigenvalue weighted by atomic mass is 10.0. The summed E-state index contributed by atoms with van der Waals surface area (Å²) in [7, 11) is 0. The van der Waals surface area contributed by atoms with Crippen molar-refractivity contribution < 1.29 is 4.74 Å². The average Bonchev–Trinajstić information content (AvgIpc) is 2.42. The monoisotopic (exact) mass is 290 g/mol. The molecule has 3 nitrogen and oxygen atoms in total. The van der Waals surface area contributed by atoms with Crippen molar-refractivity contribution in [3.63, 3.8) is 0 Å². The van der Waals surface area contributed by atoms with Gasteiger partial charge in [0.25, 0.3) is 0 Å². The summed E-state index contributed by atoms with van der Waals surface area (Å²) in [6, 6.07) is 9.02. The Labute approximate surface area is 129 Å². The summed E-state index contributed by atoms with van der Waals surface area (Å²) < 4.78 is 5.59. The summed E-state index contributed by atoms with van der Waals surface area (Å²) in [5.41, 5.74) is 2.88. The molecule has 0 bridgehead atoms. The molecule has 21 heavy (non-hydrogen) atoms. The maximum absolute atomic E-state index is 5.59. The van der Waals surface area contributed by atoms with Gasteiger partial charge in [-0.15, -0.1) is 0 Å². The molecule has 0 amide bonds. The van der Waals surface area contributed by atoms with Crippen LogP contribution in [0.25, 0.3) is 0 Å². The van der Waals surface area contributed by atoms with Crippen molar-refractivity contribution in [1.82, 2.24) is 10.2 Å². The highest BCUT2D eigenvalue weighted by molar-refractivity contribution is 5.22.